The smallest absolute Gasteiger partial charge is 0.128 e. The molecule has 0 atom stereocenters. The molecular formula is C19H19ClN8. The highest BCUT2D eigenvalue weighted by Gasteiger charge is 2.17. The van der Waals surface area contributed by atoms with E-state index in [0.717, 1.165) is 60.0 Å². The maximum absolute atomic E-state index is 6.41. The van der Waals surface area contributed by atoms with Gasteiger partial charge in [0.25, 0.3) is 0 Å². The van der Waals surface area contributed by atoms with Gasteiger partial charge in [-0.1, -0.05) is 11.6 Å². The van der Waals surface area contributed by atoms with Crippen molar-refractivity contribution in [3.8, 4) is 22.5 Å². The molecule has 4 aromatic heterocycles. The molecular weight excluding hydrogens is 376 g/mol. The number of anilines is 1. The van der Waals surface area contributed by atoms with Gasteiger partial charge in [0.15, 0.2) is 0 Å². The maximum atomic E-state index is 6.41. The molecule has 4 aromatic rings. The summed E-state index contributed by atoms with van der Waals surface area (Å²) >= 11 is 6.41. The number of halogens is 1. The van der Waals surface area contributed by atoms with Gasteiger partial charge in [-0.25, -0.2) is 14.5 Å². The minimum absolute atomic E-state index is 0.561. The molecule has 1 saturated heterocycles. The minimum Gasteiger partial charge on any atom is -0.354 e. The normalized spacial score (nSPS) is 14.7. The number of nitrogens with zero attached hydrogens (tertiary/aromatic N) is 7. The van der Waals surface area contributed by atoms with Crippen molar-refractivity contribution in [2.45, 2.75) is 0 Å². The first-order valence-corrected chi connectivity index (χ1v) is 9.52. The summed E-state index contributed by atoms with van der Waals surface area (Å²) in [7, 11) is 1.88. The van der Waals surface area contributed by atoms with Crippen LogP contribution in [-0.4, -0.2) is 55.5 Å². The van der Waals surface area contributed by atoms with Crippen molar-refractivity contribution in [3.05, 3.63) is 48.1 Å². The number of aryl methyl sites for hydroxylation is 1. The first kappa shape index (κ1) is 17.2. The van der Waals surface area contributed by atoms with Gasteiger partial charge in [-0.3, -0.25) is 4.68 Å². The van der Waals surface area contributed by atoms with E-state index in [2.05, 4.69) is 25.4 Å². The van der Waals surface area contributed by atoms with Gasteiger partial charge in [0.2, 0.25) is 0 Å². The molecule has 0 amide bonds. The number of hydrogen-bond donors (Lipinski definition) is 1. The Morgan fingerprint density at radius 3 is 2.57 bits per heavy atom. The second-order valence-electron chi connectivity index (χ2n) is 6.81. The lowest BCUT2D eigenvalue weighted by atomic mass is 10.1. The van der Waals surface area contributed by atoms with Gasteiger partial charge in [-0.2, -0.15) is 10.2 Å². The highest BCUT2D eigenvalue weighted by molar-refractivity contribution is 6.34. The predicted molar refractivity (Wildman–Crippen MR) is 109 cm³/mol. The van der Waals surface area contributed by atoms with Crippen LogP contribution in [0, 0.1) is 0 Å². The Labute approximate surface area is 166 Å². The van der Waals surface area contributed by atoms with Crippen LogP contribution >= 0.6 is 11.6 Å². The number of aromatic nitrogens is 6. The van der Waals surface area contributed by atoms with Crippen LogP contribution in [0.25, 0.3) is 28.0 Å². The van der Waals surface area contributed by atoms with Gasteiger partial charge in [0, 0.05) is 56.7 Å². The average Bonchev–Trinajstić information content (AvgIpc) is 3.34. The SMILES string of the molecule is Cn1cc(-c2cn3ncc(Cl)c3c(-c3ccc(N4CCNCC4)nc3)n2)cn1. The van der Waals surface area contributed by atoms with Crippen molar-refractivity contribution >= 4 is 22.9 Å². The average molecular weight is 395 g/mol. The number of nitrogens with one attached hydrogen (secondary N) is 1. The Morgan fingerprint density at radius 1 is 1.00 bits per heavy atom. The summed E-state index contributed by atoms with van der Waals surface area (Å²) in [5.74, 6) is 0.976. The Kier molecular flexibility index (Phi) is 4.22. The van der Waals surface area contributed by atoms with E-state index in [0.29, 0.717) is 5.02 Å². The minimum atomic E-state index is 0.561. The van der Waals surface area contributed by atoms with E-state index in [9.17, 15) is 0 Å². The quantitative estimate of drug-likeness (QED) is 0.574. The summed E-state index contributed by atoms with van der Waals surface area (Å²) in [6.07, 6.45) is 9.07. The van der Waals surface area contributed by atoms with E-state index in [1.807, 2.05) is 37.8 Å². The van der Waals surface area contributed by atoms with Gasteiger partial charge in [0.1, 0.15) is 11.3 Å². The molecule has 8 nitrogen and oxygen atoms in total. The molecule has 5 rings (SSSR count). The molecule has 0 aromatic carbocycles. The van der Waals surface area contributed by atoms with Crippen LogP contribution in [0.1, 0.15) is 0 Å². The molecule has 0 unspecified atom stereocenters. The third-order valence-corrected chi connectivity index (χ3v) is 5.19. The number of hydrogen-bond acceptors (Lipinski definition) is 6. The molecule has 0 radical (unpaired) electrons. The van der Waals surface area contributed by atoms with Crippen LogP contribution in [0.2, 0.25) is 5.02 Å². The topological polar surface area (TPSA) is 76.2 Å². The van der Waals surface area contributed by atoms with Crippen LogP contribution in [0.4, 0.5) is 5.82 Å². The molecule has 1 aliphatic rings. The fourth-order valence-corrected chi connectivity index (χ4v) is 3.70. The van der Waals surface area contributed by atoms with Gasteiger partial charge in [0.05, 0.1) is 35.0 Å². The zero-order chi connectivity index (χ0) is 19.1. The zero-order valence-electron chi connectivity index (χ0n) is 15.4. The monoisotopic (exact) mass is 394 g/mol. The van der Waals surface area contributed by atoms with Gasteiger partial charge < -0.3 is 10.2 Å². The van der Waals surface area contributed by atoms with Crippen LogP contribution < -0.4 is 10.2 Å². The van der Waals surface area contributed by atoms with Crippen LogP contribution in [0.15, 0.2) is 43.1 Å². The predicted octanol–water partition coefficient (Wildman–Crippen LogP) is 2.25. The van der Waals surface area contributed by atoms with Crippen molar-refractivity contribution in [3.63, 3.8) is 0 Å². The number of piperazine rings is 1. The Balaban J connectivity index is 1.60. The fraction of sp³-hybridized carbons (Fsp3) is 0.263. The van der Waals surface area contributed by atoms with E-state index in [-0.39, 0.29) is 0 Å². The third kappa shape index (κ3) is 3.00. The second-order valence-corrected chi connectivity index (χ2v) is 7.21. The van der Waals surface area contributed by atoms with Crippen LogP contribution in [-0.2, 0) is 7.05 Å². The van der Waals surface area contributed by atoms with Crippen molar-refractivity contribution in [1.29, 1.82) is 0 Å². The van der Waals surface area contributed by atoms with E-state index in [4.69, 9.17) is 16.6 Å². The van der Waals surface area contributed by atoms with E-state index >= 15 is 0 Å². The molecule has 1 N–H and O–H groups in total. The largest absolute Gasteiger partial charge is 0.354 e. The summed E-state index contributed by atoms with van der Waals surface area (Å²) in [4.78, 5) is 11.8. The second kappa shape index (κ2) is 6.88. The van der Waals surface area contributed by atoms with Crippen LogP contribution in [0.5, 0.6) is 0 Å². The Morgan fingerprint density at radius 2 is 1.86 bits per heavy atom. The first-order chi connectivity index (χ1) is 13.7. The van der Waals surface area contributed by atoms with Crippen molar-refractivity contribution in [2.75, 3.05) is 31.1 Å². The highest BCUT2D eigenvalue weighted by atomic mass is 35.5. The van der Waals surface area contributed by atoms with Crippen molar-refractivity contribution < 1.29 is 0 Å². The van der Waals surface area contributed by atoms with Crippen molar-refractivity contribution in [2.24, 2.45) is 7.05 Å². The third-order valence-electron chi connectivity index (χ3n) is 4.91. The van der Waals surface area contributed by atoms with E-state index < -0.39 is 0 Å². The zero-order valence-corrected chi connectivity index (χ0v) is 16.1. The first-order valence-electron chi connectivity index (χ1n) is 9.14. The maximum Gasteiger partial charge on any atom is 0.128 e. The number of pyridine rings is 1. The Bertz CT molecular complexity index is 1120. The molecule has 5 heterocycles. The molecule has 1 fully saturated rings. The number of fused-ring (bicyclic) bond motifs is 1. The van der Waals surface area contributed by atoms with Gasteiger partial charge in [-0.15, -0.1) is 0 Å². The Hall–Kier alpha value is -2.97. The highest BCUT2D eigenvalue weighted by Crippen LogP contribution is 2.31. The summed E-state index contributed by atoms with van der Waals surface area (Å²) in [5.41, 5.74) is 4.12. The fourth-order valence-electron chi connectivity index (χ4n) is 3.48. The molecule has 0 saturated carbocycles. The van der Waals surface area contributed by atoms with Crippen molar-refractivity contribution in [1.82, 2.24) is 34.7 Å². The van der Waals surface area contributed by atoms with Gasteiger partial charge in [-0.05, 0) is 12.1 Å². The molecule has 0 spiro atoms. The van der Waals surface area contributed by atoms with Gasteiger partial charge >= 0.3 is 0 Å². The molecule has 9 heteroatoms. The standard InChI is InChI=1S/C19H19ClN8/c1-26-11-14(9-23-26)16-12-28-19(15(20)10-24-28)18(25-16)13-2-3-17(22-8-13)27-6-4-21-5-7-27/h2-3,8-12,21H,4-7H2,1H3. The molecule has 1 aliphatic heterocycles. The molecule has 142 valence electrons. The summed E-state index contributed by atoms with van der Waals surface area (Å²) < 4.78 is 3.51. The summed E-state index contributed by atoms with van der Waals surface area (Å²) in [5, 5.41) is 12.5. The number of rotatable bonds is 3. The summed E-state index contributed by atoms with van der Waals surface area (Å²) in [6, 6.07) is 4.09. The molecule has 0 bridgehead atoms. The lowest BCUT2D eigenvalue weighted by Gasteiger charge is -2.28. The van der Waals surface area contributed by atoms with Crippen LogP contribution in [0.3, 0.4) is 0 Å². The lowest BCUT2D eigenvalue weighted by Crippen LogP contribution is -2.43. The molecule has 28 heavy (non-hydrogen) atoms. The lowest BCUT2D eigenvalue weighted by molar-refractivity contribution is 0.585. The molecule has 0 aliphatic carbocycles. The van der Waals surface area contributed by atoms with E-state index in [1.165, 1.54) is 0 Å². The summed E-state index contributed by atoms with van der Waals surface area (Å²) in [6.45, 7) is 3.87. The van der Waals surface area contributed by atoms with E-state index in [1.54, 1.807) is 21.6 Å².